The summed E-state index contributed by atoms with van der Waals surface area (Å²) in [5.41, 5.74) is 2.49. The van der Waals surface area contributed by atoms with Crippen molar-refractivity contribution in [1.82, 2.24) is 19.9 Å². The molecule has 5 heteroatoms. The predicted molar refractivity (Wildman–Crippen MR) is 99.7 cm³/mol. The number of anilines is 1. The molecule has 3 heterocycles. The monoisotopic (exact) mass is 337 g/mol. The summed E-state index contributed by atoms with van der Waals surface area (Å²) in [6.07, 6.45) is 8.65. The van der Waals surface area contributed by atoms with Crippen LogP contribution in [-0.2, 0) is 6.54 Å². The molecule has 2 aliphatic rings. The van der Waals surface area contributed by atoms with Crippen LogP contribution in [0.1, 0.15) is 48.7 Å². The molecule has 0 N–H and O–H groups in total. The molecular formula is C20H27N5. The second kappa shape index (κ2) is 7.08. The van der Waals surface area contributed by atoms with E-state index in [1.54, 1.807) is 0 Å². The maximum Gasteiger partial charge on any atom is 0.133 e. The number of pyridine rings is 1. The van der Waals surface area contributed by atoms with Gasteiger partial charge in [-0.25, -0.2) is 9.97 Å². The van der Waals surface area contributed by atoms with E-state index in [1.807, 2.05) is 18.5 Å². The van der Waals surface area contributed by atoms with Crippen molar-refractivity contribution in [3.05, 3.63) is 47.7 Å². The predicted octanol–water partition coefficient (Wildman–Crippen LogP) is 3.16. The normalized spacial score (nSPS) is 19.1. The van der Waals surface area contributed by atoms with E-state index in [0.717, 1.165) is 37.0 Å². The number of nitrogens with zero attached hydrogens (tertiary/aromatic N) is 5. The molecule has 25 heavy (non-hydrogen) atoms. The van der Waals surface area contributed by atoms with E-state index in [1.165, 1.54) is 31.2 Å². The third-order valence-electron chi connectivity index (χ3n) is 5.58. The van der Waals surface area contributed by atoms with Crippen LogP contribution in [-0.4, -0.2) is 46.0 Å². The largest absolute Gasteiger partial charge is 0.356 e. The second-order valence-electron chi connectivity index (χ2n) is 7.41. The van der Waals surface area contributed by atoms with Crippen molar-refractivity contribution in [3.8, 4) is 0 Å². The van der Waals surface area contributed by atoms with E-state index in [4.69, 9.17) is 4.98 Å². The lowest BCUT2D eigenvalue weighted by atomic mass is 10.0. The number of hydrogen-bond acceptors (Lipinski definition) is 5. The summed E-state index contributed by atoms with van der Waals surface area (Å²) in [6, 6.07) is 6.85. The van der Waals surface area contributed by atoms with Gasteiger partial charge in [-0.15, -0.1) is 0 Å². The lowest BCUT2D eigenvalue weighted by molar-refractivity contribution is 0.202. The van der Waals surface area contributed by atoms with Gasteiger partial charge in [0.05, 0.1) is 0 Å². The van der Waals surface area contributed by atoms with E-state index in [2.05, 4.69) is 45.9 Å². The zero-order chi connectivity index (χ0) is 17.2. The van der Waals surface area contributed by atoms with Crippen molar-refractivity contribution in [1.29, 1.82) is 0 Å². The second-order valence-corrected chi connectivity index (χ2v) is 7.41. The number of hydrogen-bond donors (Lipinski definition) is 0. The lowest BCUT2D eigenvalue weighted by Crippen LogP contribution is -2.43. The minimum Gasteiger partial charge on any atom is -0.356 e. The van der Waals surface area contributed by atoms with Gasteiger partial charge in [-0.05, 0) is 50.3 Å². The first kappa shape index (κ1) is 16.5. The Morgan fingerprint density at radius 3 is 2.60 bits per heavy atom. The minimum atomic E-state index is 0.563. The zero-order valence-electron chi connectivity index (χ0n) is 15.2. The Kier molecular flexibility index (Phi) is 4.66. The van der Waals surface area contributed by atoms with Crippen LogP contribution in [0.4, 0.5) is 5.82 Å². The van der Waals surface area contributed by atoms with E-state index in [9.17, 15) is 0 Å². The highest BCUT2D eigenvalue weighted by atomic mass is 15.2. The van der Waals surface area contributed by atoms with E-state index < -0.39 is 0 Å². The fourth-order valence-corrected chi connectivity index (χ4v) is 3.68. The lowest BCUT2D eigenvalue weighted by Gasteiger charge is -2.37. The van der Waals surface area contributed by atoms with E-state index >= 15 is 0 Å². The highest BCUT2D eigenvalue weighted by Crippen LogP contribution is 2.38. The van der Waals surface area contributed by atoms with Gasteiger partial charge in [0.25, 0.3) is 0 Å². The van der Waals surface area contributed by atoms with Gasteiger partial charge < -0.3 is 4.90 Å². The summed E-state index contributed by atoms with van der Waals surface area (Å²) in [4.78, 5) is 18.6. The molecule has 4 rings (SSSR count). The zero-order valence-corrected chi connectivity index (χ0v) is 15.2. The van der Waals surface area contributed by atoms with Crippen molar-refractivity contribution in [2.75, 3.05) is 25.0 Å². The van der Waals surface area contributed by atoms with Crippen molar-refractivity contribution in [2.45, 2.75) is 51.1 Å². The Labute approximate surface area is 150 Å². The molecule has 0 atom stereocenters. The van der Waals surface area contributed by atoms with Crippen LogP contribution in [0.25, 0.3) is 0 Å². The van der Waals surface area contributed by atoms with Crippen molar-refractivity contribution >= 4 is 5.82 Å². The van der Waals surface area contributed by atoms with Gasteiger partial charge in [-0.1, -0.05) is 6.07 Å². The Balaban J connectivity index is 1.35. The molecule has 2 aromatic rings. The van der Waals surface area contributed by atoms with E-state index in [-0.39, 0.29) is 0 Å². The quantitative estimate of drug-likeness (QED) is 0.838. The van der Waals surface area contributed by atoms with Gasteiger partial charge in [0.2, 0.25) is 0 Å². The average Bonchev–Trinajstić information content (AvgIpc) is 3.49. The Hall–Kier alpha value is -2.01. The Bertz CT molecular complexity index is 720. The molecule has 1 saturated carbocycles. The van der Waals surface area contributed by atoms with Gasteiger partial charge in [0.1, 0.15) is 11.6 Å². The molecule has 0 unspecified atom stereocenters. The molecule has 0 spiro atoms. The van der Waals surface area contributed by atoms with Gasteiger partial charge in [-0.2, -0.15) is 0 Å². The molecule has 132 valence electrons. The molecule has 0 aromatic carbocycles. The highest BCUT2D eigenvalue weighted by molar-refractivity contribution is 5.38. The van der Waals surface area contributed by atoms with Crippen molar-refractivity contribution in [2.24, 2.45) is 0 Å². The summed E-state index contributed by atoms with van der Waals surface area (Å²) in [5.74, 6) is 2.73. The summed E-state index contributed by atoms with van der Waals surface area (Å²) < 4.78 is 0. The molecule has 0 bridgehead atoms. The smallest absolute Gasteiger partial charge is 0.133 e. The standard InChI is InChI=1S/C20H27N5/c1-15-17(4-3-10-21-15)14-25-12-8-18(9-13-25)24(2)19-7-11-22-20(23-19)16-5-6-16/h3-4,7,10-11,16,18H,5-6,8-9,12-14H2,1-2H3. The van der Waals surface area contributed by atoms with Gasteiger partial charge >= 0.3 is 0 Å². The summed E-state index contributed by atoms with van der Waals surface area (Å²) in [7, 11) is 2.19. The number of aromatic nitrogens is 3. The van der Waals surface area contributed by atoms with Crippen LogP contribution in [0.2, 0.25) is 0 Å². The highest BCUT2D eigenvalue weighted by Gasteiger charge is 2.28. The first-order valence-corrected chi connectivity index (χ1v) is 9.39. The number of likely N-dealkylation sites (tertiary alicyclic amines) is 1. The Morgan fingerprint density at radius 1 is 1.08 bits per heavy atom. The number of rotatable bonds is 5. The molecule has 2 aromatic heterocycles. The molecular weight excluding hydrogens is 310 g/mol. The molecule has 1 saturated heterocycles. The molecule has 1 aliphatic heterocycles. The summed E-state index contributed by atoms with van der Waals surface area (Å²) in [6.45, 7) is 5.37. The maximum atomic E-state index is 4.80. The fourth-order valence-electron chi connectivity index (χ4n) is 3.68. The third-order valence-corrected chi connectivity index (χ3v) is 5.58. The van der Waals surface area contributed by atoms with Crippen LogP contribution in [0.3, 0.4) is 0 Å². The minimum absolute atomic E-state index is 0.563. The number of aryl methyl sites for hydroxylation is 1. The topological polar surface area (TPSA) is 45.2 Å². The average molecular weight is 337 g/mol. The molecule has 0 radical (unpaired) electrons. The van der Waals surface area contributed by atoms with Crippen molar-refractivity contribution < 1.29 is 0 Å². The SMILES string of the molecule is Cc1ncccc1CN1CCC(N(C)c2ccnc(C3CC3)n2)CC1. The van der Waals surface area contributed by atoms with Crippen LogP contribution in [0.15, 0.2) is 30.6 Å². The summed E-state index contributed by atoms with van der Waals surface area (Å²) >= 11 is 0. The number of piperidine rings is 1. The first-order valence-electron chi connectivity index (χ1n) is 9.39. The van der Waals surface area contributed by atoms with Crippen LogP contribution in [0.5, 0.6) is 0 Å². The van der Waals surface area contributed by atoms with Gasteiger partial charge in [-0.3, -0.25) is 9.88 Å². The molecule has 2 fully saturated rings. The van der Waals surface area contributed by atoms with Crippen LogP contribution < -0.4 is 4.90 Å². The van der Waals surface area contributed by atoms with Crippen LogP contribution in [0, 0.1) is 6.92 Å². The fraction of sp³-hybridized carbons (Fsp3) is 0.550. The molecule has 1 aliphatic carbocycles. The molecule has 5 nitrogen and oxygen atoms in total. The van der Waals surface area contributed by atoms with Gasteiger partial charge in [0, 0.05) is 56.7 Å². The Morgan fingerprint density at radius 2 is 1.88 bits per heavy atom. The third kappa shape index (κ3) is 3.82. The van der Waals surface area contributed by atoms with Gasteiger partial charge in [0.15, 0.2) is 0 Å². The maximum absolute atomic E-state index is 4.80. The molecule has 0 amide bonds. The first-order chi connectivity index (χ1) is 12.2. The summed E-state index contributed by atoms with van der Waals surface area (Å²) in [5, 5.41) is 0. The van der Waals surface area contributed by atoms with Crippen molar-refractivity contribution in [3.63, 3.8) is 0 Å². The van der Waals surface area contributed by atoms with Crippen LogP contribution >= 0.6 is 0 Å². The van der Waals surface area contributed by atoms with E-state index in [0.29, 0.717) is 12.0 Å².